The summed E-state index contributed by atoms with van der Waals surface area (Å²) < 4.78 is 32.5. The Hall–Kier alpha value is -2.71. The number of benzene rings is 3. The van der Waals surface area contributed by atoms with E-state index < -0.39 is 10.0 Å². The fourth-order valence-electron chi connectivity index (χ4n) is 3.35. The van der Waals surface area contributed by atoms with Crippen LogP contribution < -0.4 is 5.32 Å². The Labute approximate surface area is 186 Å². The number of hydrogen-bond acceptors (Lipinski definition) is 4. The number of carbonyl (C=O) groups is 1. The van der Waals surface area contributed by atoms with Crippen molar-refractivity contribution >= 4 is 33.2 Å². The van der Waals surface area contributed by atoms with Gasteiger partial charge in [-0.2, -0.15) is 4.31 Å². The molecule has 0 saturated carbocycles. The Morgan fingerprint density at radius 3 is 2.23 bits per heavy atom. The van der Waals surface area contributed by atoms with Gasteiger partial charge in [0.2, 0.25) is 10.0 Å². The molecule has 1 N–H and O–H groups in total. The number of nitrogens with one attached hydrogen (secondary N) is 1. The van der Waals surface area contributed by atoms with Crippen LogP contribution in [-0.2, 0) is 14.8 Å². The number of rotatable bonds is 5. The molecule has 160 valence electrons. The average molecular weight is 457 g/mol. The van der Waals surface area contributed by atoms with Crippen molar-refractivity contribution in [3.8, 4) is 11.1 Å². The van der Waals surface area contributed by atoms with Crippen molar-refractivity contribution in [2.75, 3.05) is 31.6 Å². The molecule has 0 radical (unpaired) electrons. The molecular formula is C23H21ClN2O4S. The predicted molar refractivity (Wildman–Crippen MR) is 121 cm³/mol. The second-order valence-electron chi connectivity index (χ2n) is 7.06. The molecule has 0 unspecified atom stereocenters. The molecule has 31 heavy (non-hydrogen) atoms. The normalized spacial score (nSPS) is 14.9. The maximum absolute atomic E-state index is 13.0. The molecule has 1 heterocycles. The van der Waals surface area contributed by atoms with E-state index >= 15 is 0 Å². The molecule has 0 atom stereocenters. The van der Waals surface area contributed by atoms with E-state index in [2.05, 4.69) is 5.32 Å². The number of amides is 1. The molecule has 8 heteroatoms. The molecule has 1 amide bonds. The SMILES string of the molecule is O=C(Nc1ccc(Cl)c(S(=O)(=O)N2CCOCC2)c1)c1ccc(-c2ccccc2)cc1. The Balaban J connectivity index is 1.53. The van der Waals surface area contributed by atoms with Crippen LogP contribution in [0.4, 0.5) is 5.69 Å². The summed E-state index contributed by atoms with van der Waals surface area (Å²) in [7, 11) is -3.78. The molecule has 1 fully saturated rings. The molecular weight excluding hydrogens is 436 g/mol. The van der Waals surface area contributed by atoms with Crippen LogP contribution in [0.1, 0.15) is 10.4 Å². The summed E-state index contributed by atoms with van der Waals surface area (Å²) >= 11 is 6.18. The zero-order valence-corrected chi connectivity index (χ0v) is 18.2. The van der Waals surface area contributed by atoms with Crippen molar-refractivity contribution in [3.05, 3.63) is 83.4 Å². The van der Waals surface area contributed by atoms with Gasteiger partial charge in [-0.05, 0) is 41.5 Å². The minimum absolute atomic E-state index is 0.0340. The standard InChI is InChI=1S/C23H21ClN2O4S/c24-21-11-10-20(16-22(21)31(28,29)26-12-14-30-15-13-26)25-23(27)19-8-6-18(7-9-19)17-4-2-1-3-5-17/h1-11,16H,12-15H2,(H,25,27). The number of hydrogen-bond donors (Lipinski definition) is 1. The second-order valence-corrected chi connectivity index (χ2v) is 9.37. The molecule has 6 nitrogen and oxygen atoms in total. The van der Waals surface area contributed by atoms with Crippen molar-refractivity contribution in [1.82, 2.24) is 4.31 Å². The molecule has 0 bridgehead atoms. The zero-order valence-electron chi connectivity index (χ0n) is 16.6. The van der Waals surface area contributed by atoms with Gasteiger partial charge in [0.05, 0.1) is 18.2 Å². The third kappa shape index (κ3) is 4.80. The van der Waals surface area contributed by atoms with Gasteiger partial charge in [-0.1, -0.05) is 54.1 Å². The first kappa shape index (κ1) is 21.5. The molecule has 3 aromatic rings. The molecule has 1 aliphatic heterocycles. The summed E-state index contributed by atoms with van der Waals surface area (Å²) in [5, 5.41) is 2.86. The first-order valence-electron chi connectivity index (χ1n) is 9.79. The van der Waals surface area contributed by atoms with Crippen LogP contribution in [-0.4, -0.2) is 44.9 Å². The van der Waals surface area contributed by atoms with Crippen molar-refractivity contribution in [2.45, 2.75) is 4.90 Å². The van der Waals surface area contributed by atoms with E-state index in [0.717, 1.165) is 11.1 Å². The Morgan fingerprint density at radius 2 is 1.55 bits per heavy atom. The molecule has 1 saturated heterocycles. The van der Waals surface area contributed by atoms with Crippen LogP contribution in [0, 0.1) is 0 Å². The minimum atomic E-state index is -3.78. The zero-order chi connectivity index (χ0) is 21.8. The van der Waals surface area contributed by atoms with Crippen LogP contribution in [0.5, 0.6) is 0 Å². The van der Waals surface area contributed by atoms with Crippen molar-refractivity contribution in [1.29, 1.82) is 0 Å². The molecule has 0 aliphatic carbocycles. The fraction of sp³-hybridized carbons (Fsp3) is 0.174. The highest BCUT2D eigenvalue weighted by Crippen LogP contribution is 2.28. The van der Waals surface area contributed by atoms with Gasteiger partial charge in [0.1, 0.15) is 4.90 Å². The van der Waals surface area contributed by atoms with Crippen molar-refractivity contribution in [2.24, 2.45) is 0 Å². The van der Waals surface area contributed by atoms with E-state index in [-0.39, 0.29) is 28.9 Å². The fourth-order valence-corrected chi connectivity index (χ4v) is 5.26. The summed E-state index contributed by atoms with van der Waals surface area (Å²) in [5.74, 6) is -0.336. The van der Waals surface area contributed by atoms with Crippen molar-refractivity contribution in [3.63, 3.8) is 0 Å². The van der Waals surface area contributed by atoms with E-state index in [1.54, 1.807) is 18.2 Å². The number of carbonyl (C=O) groups excluding carboxylic acids is 1. The lowest BCUT2D eigenvalue weighted by Gasteiger charge is -2.26. The lowest BCUT2D eigenvalue weighted by atomic mass is 10.0. The molecule has 0 spiro atoms. The van der Waals surface area contributed by atoms with Crippen LogP contribution in [0.15, 0.2) is 77.7 Å². The number of nitrogens with zero attached hydrogens (tertiary/aromatic N) is 1. The van der Waals surface area contributed by atoms with Gasteiger partial charge in [0, 0.05) is 24.3 Å². The summed E-state index contributed by atoms with van der Waals surface area (Å²) in [6.45, 7) is 1.21. The van der Waals surface area contributed by atoms with E-state index in [1.807, 2.05) is 42.5 Å². The lowest BCUT2D eigenvalue weighted by Crippen LogP contribution is -2.40. The van der Waals surface area contributed by atoms with Crippen LogP contribution >= 0.6 is 11.6 Å². The molecule has 4 rings (SSSR count). The smallest absolute Gasteiger partial charge is 0.255 e. The predicted octanol–water partition coefficient (Wildman–Crippen LogP) is 4.28. The van der Waals surface area contributed by atoms with Gasteiger partial charge in [0.25, 0.3) is 5.91 Å². The van der Waals surface area contributed by atoms with Crippen LogP contribution in [0.3, 0.4) is 0 Å². The molecule has 3 aromatic carbocycles. The van der Waals surface area contributed by atoms with Gasteiger partial charge in [-0.3, -0.25) is 4.79 Å². The summed E-state index contributed by atoms with van der Waals surface area (Å²) in [6, 6.07) is 21.5. The number of sulfonamides is 1. The quantitative estimate of drug-likeness (QED) is 0.621. The topological polar surface area (TPSA) is 75.7 Å². The lowest BCUT2D eigenvalue weighted by molar-refractivity contribution is 0.0730. The highest BCUT2D eigenvalue weighted by Gasteiger charge is 2.28. The average Bonchev–Trinajstić information content (AvgIpc) is 2.81. The Morgan fingerprint density at radius 1 is 0.903 bits per heavy atom. The monoisotopic (exact) mass is 456 g/mol. The highest BCUT2D eigenvalue weighted by molar-refractivity contribution is 7.89. The maximum atomic E-state index is 13.0. The first-order valence-corrected chi connectivity index (χ1v) is 11.6. The highest BCUT2D eigenvalue weighted by atomic mass is 35.5. The summed E-state index contributed by atoms with van der Waals surface area (Å²) in [5.41, 5.74) is 2.88. The summed E-state index contributed by atoms with van der Waals surface area (Å²) in [6.07, 6.45) is 0. The third-order valence-electron chi connectivity index (χ3n) is 5.03. The van der Waals surface area contributed by atoms with E-state index in [0.29, 0.717) is 24.5 Å². The molecule has 1 aliphatic rings. The van der Waals surface area contributed by atoms with Crippen molar-refractivity contribution < 1.29 is 17.9 Å². The maximum Gasteiger partial charge on any atom is 0.255 e. The third-order valence-corrected chi connectivity index (χ3v) is 7.41. The first-order chi connectivity index (χ1) is 14.9. The van der Waals surface area contributed by atoms with E-state index in [9.17, 15) is 13.2 Å². The van der Waals surface area contributed by atoms with Gasteiger partial charge in [0.15, 0.2) is 0 Å². The largest absolute Gasteiger partial charge is 0.379 e. The van der Waals surface area contributed by atoms with Crippen LogP contribution in [0.2, 0.25) is 5.02 Å². The summed E-state index contributed by atoms with van der Waals surface area (Å²) in [4.78, 5) is 12.7. The van der Waals surface area contributed by atoms with E-state index in [1.165, 1.54) is 16.4 Å². The Bertz CT molecular complexity index is 1180. The Kier molecular flexibility index (Phi) is 6.38. The van der Waals surface area contributed by atoms with Gasteiger partial charge in [-0.15, -0.1) is 0 Å². The minimum Gasteiger partial charge on any atom is -0.379 e. The second kappa shape index (κ2) is 9.20. The number of morpholine rings is 1. The number of halogens is 1. The van der Waals surface area contributed by atoms with Gasteiger partial charge in [-0.25, -0.2) is 8.42 Å². The van der Waals surface area contributed by atoms with E-state index in [4.69, 9.17) is 16.3 Å². The number of anilines is 1. The number of ether oxygens (including phenoxy) is 1. The molecule has 0 aromatic heterocycles. The van der Waals surface area contributed by atoms with Gasteiger partial charge >= 0.3 is 0 Å². The van der Waals surface area contributed by atoms with Gasteiger partial charge < -0.3 is 10.1 Å². The van der Waals surface area contributed by atoms with Crippen LogP contribution in [0.25, 0.3) is 11.1 Å².